The quantitative estimate of drug-likeness (QED) is 0.717. The van der Waals surface area contributed by atoms with Crippen molar-refractivity contribution in [2.75, 3.05) is 19.6 Å². The van der Waals surface area contributed by atoms with Crippen LogP contribution in [0.25, 0.3) is 0 Å². The van der Waals surface area contributed by atoms with Crippen LogP contribution in [-0.2, 0) is 0 Å². The second-order valence-corrected chi connectivity index (χ2v) is 5.73. The van der Waals surface area contributed by atoms with Crippen molar-refractivity contribution in [2.45, 2.75) is 65.8 Å². The Morgan fingerprint density at radius 1 is 1.28 bits per heavy atom. The van der Waals surface area contributed by atoms with Crippen LogP contribution in [0.1, 0.15) is 59.8 Å². The predicted octanol–water partition coefficient (Wildman–Crippen LogP) is 3.55. The highest BCUT2D eigenvalue weighted by atomic mass is 15.4. The molecule has 18 heavy (non-hydrogen) atoms. The average molecular weight is 253 g/mol. The van der Waals surface area contributed by atoms with E-state index in [1.807, 2.05) is 0 Å². The lowest BCUT2D eigenvalue weighted by atomic mass is 10.1. The molecule has 2 unspecified atom stereocenters. The molecule has 106 valence electrons. The van der Waals surface area contributed by atoms with Gasteiger partial charge in [-0.3, -0.25) is 5.41 Å². The molecule has 1 fully saturated rings. The normalized spacial score (nSPS) is 21.8. The van der Waals surface area contributed by atoms with Crippen molar-refractivity contribution in [3.8, 4) is 0 Å². The second kappa shape index (κ2) is 7.65. The first-order valence-electron chi connectivity index (χ1n) is 7.74. The standard InChI is InChI=1S/C15H31N3/c1-5-8-10-17-12-14(9-6-2)18(15(17)16)11-13(4)7-3/h13-14,16H,5-12H2,1-4H3. The molecule has 0 amide bonds. The molecule has 0 aliphatic carbocycles. The second-order valence-electron chi connectivity index (χ2n) is 5.73. The first kappa shape index (κ1) is 15.3. The fraction of sp³-hybridized carbons (Fsp3) is 0.933. The molecule has 2 atom stereocenters. The Balaban J connectivity index is 2.61. The maximum atomic E-state index is 8.37. The average Bonchev–Trinajstić information content (AvgIpc) is 2.65. The summed E-state index contributed by atoms with van der Waals surface area (Å²) in [5.74, 6) is 1.47. The highest BCUT2D eigenvalue weighted by Gasteiger charge is 2.33. The van der Waals surface area contributed by atoms with Gasteiger partial charge in [-0.05, 0) is 18.8 Å². The number of rotatable bonds is 8. The van der Waals surface area contributed by atoms with E-state index < -0.39 is 0 Å². The van der Waals surface area contributed by atoms with E-state index in [0.29, 0.717) is 12.0 Å². The van der Waals surface area contributed by atoms with Crippen LogP contribution >= 0.6 is 0 Å². The largest absolute Gasteiger partial charge is 0.341 e. The van der Waals surface area contributed by atoms with E-state index in [0.717, 1.165) is 25.6 Å². The summed E-state index contributed by atoms with van der Waals surface area (Å²) in [5.41, 5.74) is 0. The Morgan fingerprint density at radius 2 is 2.00 bits per heavy atom. The van der Waals surface area contributed by atoms with Crippen molar-refractivity contribution < 1.29 is 0 Å². The summed E-state index contributed by atoms with van der Waals surface area (Å²) in [6, 6.07) is 0.577. The third-order valence-corrected chi connectivity index (χ3v) is 4.05. The van der Waals surface area contributed by atoms with Crippen molar-refractivity contribution in [1.29, 1.82) is 5.41 Å². The molecule has 0 aromatic heterocycles. The lowest BCUT2D eigenvalue weighted by Crippen LogP contribution is -2.38. The van der Waals surface area contributed by atoms with Gasteiger partial charge in [0.05, 0.1) is 0 Å². The maximum absolute atomic E-state index is 8.37. The molecule has 0 bridgehead atoms. The minimum absolute atomic E-state index is 0.577. The van der Waals surface area contributed by atoms with Crippen LogP contribution in [-0.4, -0.2) is 41.4 Å². The third-order valence-electron chi connectivity index (χ3n) is 4.05. The molecule has 0 radical (unpaired) electrons. The van der Waals surface area contributed by atoms with E-state index in [9.17, 15) is 0 Å². The van der Waals surface area contributed by atoms with E-state index in [-0.39, 0.29) is 0 Å². The topological polar surface area (TPSA) is 30.3 Å². The van der Waals surface area contributed by atoms with Crippen LogP contribution in [0.5, 0.6) is 0 Å². The number of hydrogen-bond acceptors (Lipinski definition) is 1. The monoisotopic (exact) mass is 253 g/mol. The van der Waals surface area contributed by atoms with Gasteiger partial charge in [-0.1, -0.05) is 47.0 Å². The lowest BCUT2D eigenvalue weighted by molar-refractivity contribution is 0.282. The number of nitrogens with zero attached hydrogens (tertiary/aromatic N) is 2. The molecule has 3 nitrogen and oxygen atoms in total. The van der Waals surface area contributed by atoms with E-state index >= 15 is 0 Å². The summed E-state index contributed by atoms with van der Waals surface area (Å²) in [7, 11) is 0. The summed E-state index contributed by atoms with van der Waals surface area (Å²) in [6.45, 7) is 12.2. The van der Waals surface area contributed by atoms with E-state index in [2.05, 4.69) is 37.5 Å². The zero-order chi connectivity index (χ0) is 13.5. The van der Waals surface area contributed by atoms with Gasteiger partial charge in [0.2, 0.25) is 0 Å². The molecule has 0 saturated carbocycles. The fourth-order valence-electron chi connectivity index (χ4n) is 2.62. The Labute approximate surface area is 113 Å². The Bertz CT molecular complexity index is 252. The van der Waals surface area contributed by atoms with Crippen LogP contribution < -0.4 is 0 Å². The van der Waals surface area contributed by atoms with Crippen molar-refractivity contribution >= 4 is 5.96 Å². The van der Waals surface area contributed by atoms with Crippen LogP contribution in [0.4, 0.5) is 0 Å². The van der Waals surface area contributed by atoms with Gasteiger partial charge in [0.1, 0.15) is 0 Å². The zero-order valence-electron chi connectivity index (χ0n) is 12.7. The van der Waals surface area contributed by atoms with Gasteiger partial charge in [-0.2, -0.15) is 0 Å². The van der Waals surface area contributed by atoms with Crippen molar-refractivity contribution in [2.24, 2.45) is 5.92 Å². The maximum Gasteiger partial charge on any atom is 0.194 e. The number of unbranched alkanes of at least 4 members (excludes halogenated alkanes) is 1. The predicted molar refractivity (Wildman–Crippen MR) is 79.1 cm³/mol. The summed E-state index contributed by atoms with van der Waals surface area (Å²) >= 11 is 0. The van der Waals surface area contributed by atoms with Gasteiger partial charge in [-0.25, -0.2) is 0 Å². The van der Waals surface area contributed by atoms with Gasteiger partial charge in [0.15, 0.2) is 5.96 Å². The fourth-order valence-corrected chi connectivity index (χ4v) is 2.62. The molecule has 0 aromatic rings. The van der Waals surface area contributed by atoms with Crippen molar-refractivity contribution in [1.82, 2.24) is 9.80 Å². The summed E-state index contributed by atoms with van der Waals surface area (Å²) in [6.07, 6.45) is 6.07. The molecular formula is C15H31N3. The smallest absolute Gasteiger partial charge is 0.194 e. The third kappa shape index (κ3) is 3.89. The number of guanidine groups is 1. The zero-order valence-corrected chi connectivity index (χ0v) is 12.7. The van der Waals surface area contributed by atoms with Crippen molar-refractivity contribution in [3.63, 3.8) is 0 Å². The van der Waals surface area contributed by atoms with Crippen molar-refractivity contribution in [3.05, 3.63) is 0 Å². The van der Waals surface area contributed by atoms with E-state index in [1.165, 1.54) is 32.1 Å². The molecule has 1 saturated heterocycles. The van der Waals surface area contributed by atoms with Gasteiger partial charge in [-0.15, -0.1) is 0 Å². The molecular weight excluding hydrogens is 222 g/mol. The van der Waals surface area contributed by atoms with Gasteiger partial charge in [0.25, 0.3) is 0 Å². The molecule has 1 aliphatic rings. The van der Waals surface area contributed by atoms with E-state index in [4.69, 9.17) is 5.41 Å². The van der Waals surface area contributed by atoms with Crippen LogP contribution in [0.3, 0.4) is 0 Å². The molecule has 3 heteroatoms. The number of nitrogens with one attached hydrogen (secondary N) is 1. The van der Waals surface area contributed by atoms with Crippen LogP contribution in [0, 0.1) is 11.3 Å². The highest BCUT2D eigenvalue weighted by Crippen LogP contribution is 2.21. The first-order valence-corrected chi connectivity index (χ1v) is 7.74. The van der Waals surface area contributed by atoms with Crippen LogP contribution in [0.15, 0.2) is 0 Å². The molecule has 1 heterocycles. The minimum Gasteiger partial charge on any atom is -0.341 e. The molecule has 1 N–H and O–H groups in total. The van der Waals surface area contributed by atoms with Gasteiger partial charge in [0, 0.05) is 25.7 Å². The summed E-state index contributed by atoms with van der Waals surface area (Å²) < 4.78 is 0. The highest BCUT2D eigenvalue weighted by molar-refractivity contribution is 5.79. The Morgan fingerprint density at radius 3 is 2.56 bits per heavy atom. The lowest BCUT2D eigenvalue weighted by Gasteiger charge is -2.27. The summed E-state index contributed by atoms with van der Waals surface area (Å²) in [4.78, 5) is 4.64. The van der Waals surface area contributed by atoms with Gasteiger partial charge < -0.3 is 9.80 Å². The Hall–Kier alpha value is -0.730. The van der Waals surface area contributed by atoms with Gasteiger partial charge >= 0.3 is 0 Å². The minimum atomic E-state index is 0.577. The first-order chi connectivity index (χ1) is 8.63. The molecule has 1 rings (SSSR count). The number of hydrogen-bond donors (Lipinski definition) is 1. The summed E-state index contributed by atoms with van der Waals surface area (Å²) in [5, 5.41) is 8.37. The van der Waals surface area contributed by atoms with E-state index in [1.54, 1.807) is 0 Å². The SMILES string of the molecule is CCCCN1CC(CCC)N(CC(C)CC)C1=N. The van der Waals surface area contributed by atoms with Crippen LogP contribution in [0.2, 0.25) is 0 Å². The molecule has 0 aromatic carbocycles. The molecule has 1 aliphatic heterocycles. The molecule has 0 spiro atoms. The Kier molecular flexibility index (Phi) is 6.51.